The number of rotatable bonds is 0. The van der Waals surface area contributed by atoms with Gasteiger partial charge in [-0.1, -0.05) is 0 Å². The second-order valence-corrected chi connectivity index (χ2v) is 2.88. The molecule has 0 radical (unpaired) electrons. The van der Waals surface area contributed by atoms with Crippen LogP contribution >= 0.6 is 0 Å². The van der Waals surface area contributed by atoms with Crippen LogP contribution in [0.4, 0.5) is 13.2 Å². The van der Waals surface area contributed by atoms with Crippen LogP contribution in [0.2, 0.25) is 0 Å². The fraction of sp³-hybridized carbons (Fsp3) is 0.857. The van der Waals surface area contributed by atoms with Crippen molar-refractivity contribution in [3.8, 4) is 6.07 Å². The molecular formula is C7H9F3N2. The molecule has 0 saturated carbocycles. The average Bonchev–Trinajstić information content (AvgIpc) is 2.03. The molecule has 2 atom stereocenters. The summed E-state index contributed by atoms with van der Waals surface area (Å²) in [4.78, 5) is 0. The molecule has 1 heterocycles. The number of hydrogen-bond donors (Lipinski definition) is 1. The van der Waals surface area contributed by atoms with Crippen molar-refractivity contribution in [3.05, 3.63) is 0 Å². The number of nitriles is 1. The molecule has 0 bridgehead atoms. The normalized spacial score (nSPS) is 31.2. The summed E-state index contributed by atoms with van der Waals surface area (Å²) in [5.74, 6) is -2.36. The van der Waals surface area contributed by atoms with Gasteiger partial charge in [0.1, 0.15) is 0 Å². The monoisotopic (exact) mass is 178 g/mol. The summed E-state index contributed by atoms with van der Waals surface area (Å²) in [6.45, 7) is 0.381. The zero-order valence-electron chi connectivity index (χ0n) is 6.36. The van der Waals surface area contributed by atoms with E-state index in [1.807, 2.05) is 0 Å². The Balaban J connectivity index is 2.67. The third kappa shape index (κ3) is 1.89. The zero-order chi connectivity index (χ0) is 9.19. The fourth-order valence-electron chi connectivity index (χ4n) is 1.36. The molecule has 0 aromatic rings. The number of halogens is 3. The predicted molar refractivity (Wildman–Crippen MR) is 36.1 cm³/mol. The summed E-state index contributed by atoms with van der Waals surface area (Å²) in [6, 6.07) is 1.70. The highest BCUT2D eigenvalue weighted by molar-refractivity contribution is 4.95. The van der Waals surface area contributed by atoms with E-state index >= 15 is 0 Å². The van der Waals surface area contributed by atoms with Crippen molar-refractivity contribution in [3.63, 3.8) is 0 Å². The minimum absolute atomic E-state index is 0.123. The molecule has 1 rings (SSSR count). The minimum Gasteiger partial charge on any atom is -0.316 e. The number of nitrogens with one attached hydrogen (secondary N) is 1. The Bertz CT molecular complexity index is 194. The van der Waals surface area contributed by atoms with Gasteiger partial charge in [-0.2, -0.15) is 18.4 Å². The molecule has 0 spiro atoms. The second kappa shape index (κ2) is 3.31. The van der Waals surface area contributed by atoms with Crippen LogP contribution in [-0.2, 0) is 0 Å². The van der Waals surface area contributed by atoms with Crippen LogP contribution < -0.4 is 5.32 Å². The lowest BCUT2D eigenvalue weighted by atomic mass is 9.87. The molecule has 1 saturated heterocycles. The highest BCUT2D eigenvalue weighted by Gasteiger charge is 2.45. The summed E-state index contributed by atoms with van der Waals surface area (Å²) >= 11 is 0. The fourth-order valence-corrected chi connectivity index (χ4v) is 1.36. The van der Waals surface area contributed by atoms with E-state index in [0.29, 0.717) is 13.0 Å². The van der Waals surface area contributed by atoms with E-state index in [1.54, 1.807) is 6.07 Å². The Morgan fingerprint density at radius 3 is 2.50 bits per heavy atom. The van der Waals surface area contributed by atoms with Crippen LogP contribution in [0.3, 0.4) is 0 Å². The first kappa shape index (κ1) is 9.33. The van der Waals surface area contributed by atoms with Gasteiger partial charge in [0.2, 0.25) is 0 Å². The number of hydrogen-bond acceptors (Lipinski definition) is 2. The standard InChI is InChI=1S/C7H9F3N2/c8-7(9,10)6-4-12-2-1-5(6)3-11/h5-6,12H,1-2,4H2. The highest BCUT2D eigenvalue weighted by Crippen LogP contribution is 2.34. The third-order valence-corrected chi connectivity index (χ3v) is 2.07. The van der Waals surface area contributed by atoms with Crippen molar-refractivity contribution in [2.24, 2.45) is 11.8 Å². The van der Waals surface area contributed by atoms with Crippen molar-refractivity contribution in [1.82, 2.24) is 5.32 Å². The van der Waals surface area contributed by atoms with Crippen molar-refractivity contribution in [1.29, 1.82) is 5.26 Å². The Morgan fingerprint density at radius 1 is 1.42 bits per heavy atom. The van der Waals surface area contributed by atoms with Gasteiger partial charge in [0.05, 0.1) is 17.9 Å². The summed E-state index contributed by atoms with van der Waals surface area (Å²) in [7, 11) is 0. The molecule has 68 valence electrons. The van der Waals surface area contributed by atoms with Crippen LogP contribution in [-0.4, -0.2) is 19.3 Å². The maximum atomic E-state index is 12.2. The van der Waals surface area contributed by atoms with Crippen LogP contribution in [0.5, 0.6) is 0 Å². The summed E-state index contributed by atoms with van der Waals surface area (Å²) in [6.07, 6.45) is -3.95. The molecule has 0 aromatic heterocycles. The lowest BCUT2D eigenvalue weighted by Gasteiger charge is -2.29. The van der Waals surface area contributed by atoms with E-state index in [1.165, 1.54) is 0 Å². The van der Waals surface area contributed by atoms with Crippen molar-refractivity contribution < 1.29 is 13.2 Å². The molecule has 1 aliphatic rings. The maximum absolute atomic E-state index is 12.2. The van der Waals surface area contributed by atoms with Gasteiger partial charge >= 0.3 is 6.18 Å². The first-order valence-electron chi connectivity index (χ1n) is 3.72. The third-order valence-electron chi connectivity index (χ3n) is 2.07. The molecule has 0 aliphatic carbocycles. The summed E-state index contributed by atoms with van der Waals surface area (Å²) in [5, 5.41) is 11.1. The topological polar surface area (TPSA) is 35.8 Å². The molecular weight excluding hydrogens is 169 g/mol. The van der Waals surface area contributed by atoms with Gasteiger partial charge in [-0.15, -0.1) is 0 Å². The largest absolute Gasteiger partial charge is 0.394 e. The molecule has 1 aliphatic heterocycles. The van der Waals surface area contributed by atoms with E-state index in [-0.39, 0.29) is 6.54 Å². The van der Waals surface area contributed by atoms with Crippen LogP contribution in [0, 0.1) is 23.2 Å². The van der Waals surface area contributed by atoms with Gasteiger partial charge in [0.25, 0.3) is 0 Å². The Kier molecular flexibility index (Phi) is 2.58. The maximum Gasteiger partial charge on any atom is 0.394 e. The van der Waals surface area contributed by atoms with Gasteiger partial charge in [0, 0.05) is 6.54 Å². The van der Waals surface area contributed by atoms with E-state index in [2.05, 4.69) is 5.32 Å². The lowest BCUT2D eigenvalue weighted by Crippen LogP contribution is -2.43. The van der Waals surface area contributed by atoms with Gasteiger partial charge in [-0.25, -0.2) is 0 Å². The van der Waals surface area contributed by atoms with Crippen molar-refractivity contribution in [2.75, 3.05) is 13.1 Å². The number of alkyl halides is 3. The predicted octanol–water partition coefficient (Wildman–Crippen LogP) is 1.30. The first-order chi connectivity index (χ1) is 5.55. The Hall–Kier alpha value is -0.760. The molecule has 2 nitrogen and oxygen atoms in total. The van der Waals surface area contributed by atoms with Gasteiger partial charge in [-0.05, 0) is 13.0 Å². The molecule has 12 heavy (non-hydrogen) atoms. The molecule has 2 unspecified atom stereocenters. The van der Waals surface area contributed by atoms with Gasteiger partial charge in [-0.3, -0.25) is 0 Å². The van der Waals surface area contributed by atoms with E-state index in [0.717, 1.165) is 0 Å². The lowest BCUT2D eigenvalue weighted by molar-refractivity contribution is -0.186. The van der Waals surface area contributed by atoms with Crippen molar-refractivity contribution >= 4 is 0 Å². The van der Waals surface area contributed by atoms with E-state index in [4.69, 9.17) is 5.26 Å². The number of piperidine rings is 1. The van der Waals surface area contributed by atoms with Crippen LogP contribution in [0.15, 0.2) is 0 Å². The molecule has 1 N–H and O–H groups in total. The van der Waals surface area contributed by atoms with Gasteiger partial charge in [0.15, 0.2) is 0 Å². The average molecular weight is 178 g/mol. The van der Waals surface area contributed by atoms with Crippen LogP contribution in [0.1, 0.15) is 6.42 Å². The van der Waals surface area contributed by atoms with Crippen molar-refractivity contribution in [2.45, 2.75) is 12.6 Å². The van der Waals surface area contributed by atoms with E-state index in [9.17, 15) is 13.2 Å². The summed E-state index contributed by atoms with van der Waals surface area (Å²) in [5.41, 5.74) is 0. The Morgan fingerprint density at radius 2 is 2.08 bits per heavy atom. The second-order valence-electron chi connectivity index (χ2n) is 2.88. The molecule has 5 heteroatoms. The SMILES string of the molecule is N#CC1CCNCC1C(F)(F)F. The van der Waals surface area contributed by atoms with Crippen LogP contribution in [0.25, 0.3) is 0 Å². The molecule has 0 amide bonds. The first-order valence-corrected chi connectivity index (χ1v) is 3.72. The number of nitrogens with zero attached hydrogens (tertiary/aromatic N) is 1. The minimum atomic E-state index is -4.24. The molecule has 1 fully saturated rings. The highest BCUT2D eigenvalue weighted by atomic mass is 19.4. The zero-order valence-corrected chi connectivity index (χ0v) is 6.36. The summed E-state index contributed by atoms with van der Waals surface area (Å²) < 4.78 is 36.6. The van der Waals surface area contributed by atoms with E-state index < -0.39 is 18.0 Å². The smallest absolute Gasteiger partial charge is 0.316 e. The molecule has 0 aromatic carbocycles. The van der Waals surface area contributed by atoms with Gasteiger partial charge < -0.3 is 5.32 Å². The quantitative estimate of drug-likeness (QED) is 0.606. The Labute approximate surface area is 68.4 Å².